The summed E-state index contributed by atoms with van der Waals surface area (Å²) in [7, 11) is 1.27. The smallest absolute Gasteiger partial charge is 0.337 e. The van der Waals surface area contributed by atoms with E-state index in [4.69, 9.17) is 34.8 Å². The van der Waals surface area contributed by atoms with Crippen molar-refractivity contribution in [3.63, 3.8) is 0 Å². The van der Waals surface area contributed by atoms with E-state index in [-0.39, 0.29) is 26.9 Å². The van der Waals surface area contributed by atoms with Crippen LogP contribution in [0, 0.1) is 0 Å². The maximum atomic E-state index is 12.3. The maximum absolute atomic E-state index is 12.3. The molecule has 0 fully saturated rings. The van der Waals surface area contributed by atoms with Crippen molar-refractivity contribution in [3.05, 3.63) is 62.6 Å². The van der Waals surface area contributed by atoms with Gasteiger partial charge >= 0.3 is 5.97 Å². The summed E-state index contributed by atoms with van der Waals surface area (Å²) in [6.07, 6.45) is 0. The van der Waals surface area contributed by atoms with Gasteiger partial charge in [0.25, 0.3) is 5.91 Å². The molecule has 0 unspecified atom stereocenters. The fourth-order valence-corrected chi connectivity index (χ4v) is 2.66. The number of methoxy groups -OCH3 is 1. The minimum atomic E-state index is -0.530. The molecule has 4 nitrogen and oxygen atoms in total. The first kappa shape index (κ1) is 16.6. The van der Waals surface area contributed by atoms with Crippen molar-refractivity contribution in [3.8, 4) is 0 Å². The van der Waals surface area contributed by atoms with Gasteiger partial charge in [-0.05, 0) is 30.3 Å². The number of anilines is 1. The summed E-state index contributed by atoms with van der Waals surface area (Å²) in [6.45, 7) is 0. The second-order valence-electron chi connectivity index (χ2n) is 4.27. The number of hydrogen-bond donors (Lipinski definition) is 1. The average molecular weight is 359 g/mol. The first-order valence-electron chi connectivity index (χ1n) is 6.06. The summed E-state index contributed by atoms with van der Waals surface area (Å²) in [5, 5.41) is 3.39. The molecule has 0 atom stereocenters. The molecule has 114 valence electrons. The van der Waals surface area contributed by atoms with Gasteiger partial charge in [-0.2, -0.15) is 0 Å². The quantitative estimate of drug-likeness (QED) is 0.810. The summed E-state index contributed by atoms with van der Waals surface area (Å²) in [5.41, 5.74) is 0.787. The summed E-state index contributed by atoms with van der Waals surface area (Å²) < 4.78 is 4.61. The number of esters is 1. The average Bonchev–Trinajstić information content (AvgIpc) is 2.50. The van der Waals surface area contributed by atoms with Gasteiger partial charge in [-0.1, -0.05) is 40.9 Å². The van der Waals surface area contributed by atoms with Gasteiger partial charge in [0.1, 0.15) is 0 Å². The lowest BCUT2D eigenvalue weighted by atomic mass is 10.1. The number of carbonyl (C=O) groups is 2. The minimum Gasteiger partial charge on any atom is -0.465 e. The van der Waals surface area contributed by atoms with Crippen molar-refractivity contribution in [1.82, 2.24) is 0 Å². The molecule has 0 aliphatic rings. The number of halogens is 3. The topological polar surface area (TPSA) is 55.4 Å². The van der Waals surface area contributed by atoms with E-state index in [9.17, 15) is 9.59 Å². The lowest BCUT2D eigenvalue weighted by Crippen LogP contribution is -2.13. The fraction of sp³-hybridized carbons (Fsp3) is 0.0667. The number of ether oxygens (including phenoxy) is 1. The van der Waals surface area contributed by atoms with Gasteiger partial charge < -0.3 is 10.1 Å². The third-order valence-corrected chi connectivity index (χ3v) is 3.61. The molecule has 0 heterocycles. The summed E-state index contributed by atoms with van der Waals surface area (Å²) in [6, 6.07) is 9.03. The normalized spacial score (nSPS) is 10.2. The van der Waals surface area contributed by atoms with Crippen LogP contribution in [0.5, 0.6) is 0 Å². The highest BCUT2D eigenvalue weighted by molar-refractivity contribution is 6.42. The lowest BCUT2D eigenvalue weighted by molar-refractivity contribution is 0.0600. The van der Waals surface area contributed by atoms with Gasteiger partial charge in [0.15, 0.2) is 0 Å². The van der Waals surface area contributed by atoms with Crippen LogP contribution in [0.2, 0.25) is 15.1 Å². The van der Waals surface area contributed by atoms with Crippen LogP contribution in [-0.2, 0) is 4.74 Å². The molecule has 0 bridgehead atoms. The number of benzene rings is 2. The summed E-state index contributed by atoms with van der Waals surface area (Å²) in [5.74, 6) is -0.992. The van der Waals surface area contributed by atoms with Crippen LogP contribution < -0.4 is 5.32 Å². The zero-order chi connectivity index (χ0) is 16.3. The van der Waals surface area contributed by atoms with Crippen molar-refractivity contribution in [2.75, 3.05) is 12.4 Å². The zero-order valence-electron chi connectivity index (χ0n) is 11.3. The van der Waals surface area contributed by atoms with E-state index in [2.05, 4.69) is 10.1 Å². The van der Waals surface area contributed by atoms with E-state index in [1.807, 2.05) is 0 Å². The predicted molar refractivity (Wildman–Crippen MR) is 87.2 cm³/mol. The van der Waals surface area contributed by atoms with Crippen LogP contribution in [0.1, 0.15) is 20.7 Å². The highest BCUT2D eigenvalue weighted by Gasteiger charge is 2.14. The highest BCUT2D eigenvalue weighted by Crippen LogP contribution is 2.33. The molecule has 1 amide bonds. The number of nitrogens with one attached hydrogen (secondary N) is 1. The minimum absolute atomic E-state index is 0.218. The molecule has 2 aromatic carbocycles. The standard InChI is InChI=1S/C15H10Cl3NO3/c1-22-15(21)9-4-2-3-8(5-9)14(20)19-13-11(17)6-10(16)7-12(13)18/h2-7H,1H3,(H,19,20). The third-order valence-electron chi connectivity index (χ3n) is 2.79. The molecule has 2 rings (SSSR count). The molecular weight excluding hydrogens is 349 g/mol. The first-order chi connectivity index (χ1) is 10.4. The van der Waals surface area contributed by atoms with Crippen LogP contribution in [-0.4, -0.2) is 19.0 Å². The van der Waals surface area contributed by atoms with Gasteiger partial charge in [-0.15, -0.1) is 0 Å². The monoisotopic (exact) mass is 357 g/mol. The molecule has 0 radical (unpaired) electrons. The fourth-order valence-electron chi connectivity index (χ4n) is 1.75. The van der Waals surface area contributed by atoms with E-state index >= 15 is 0 Å². The largest absolute Gasteiger partial charge is 0.465 e. The second kappa shape index (κ2) is 7.01. The van der Waals surface area contributed by atoms with Crippen molar-refractivity contribution < 1.29 is 14.3 Å². The number of amides is 1. The summed E-state index contributed by atoms with van der Waals surface area (Å²) >= 11 is 17.8. The molecule has 22 heavy (non-hydrogen) atoms. The second-order valence-corrected chi connectivity index (χ2v) is 5.52. The van der Waals surface area contributed by atoms with Crippen molar-refractivity contribution in [2.24, 2.45) is 0 Å². The Morgan fingerprint density at radius 2 is 1.59 bits per heavy atom. The van der Waals surface area contributed by atoms with Crippen LogP contribution in [0.4, 0.5) is 5.69 Å². The number of hydrogen-bond acceptors (Lipinski definition) is 3. The molecular formula is C15H10Cl3NO3. The van der Waals surface area contributed by atoms with Crippen LogP contribution in [0.15, 0.2) is 36.4 Å². The molecule has 7 heteroatoms. The van der Waals surface area contributed by atoms with Crippen molar-refractivity contribution in [2.45, 2.75) is 0 Å². The molecule has 0 aromatic heterocycles. The SMILES string of the molecule is COC(=O)c1cccc(C(=O)Nc2c(Cl)cc(Cl)cc2Cl)c1. The van der Waals surface area contributed by atoms with Crippen molar-refractivity contribution >= 4 is 52.4 Å². The molecule has 0 aliphatic heterocycles. The van der Waals surface area contributed by atoms with E-state index in [1.165, 1.54) is 25.3 Å². The molecule has 0 aliphatic carbocycles. The van der Waals surface area contributed by atoms with Gasteiger partial charge in [-0.3, -0.25) is 4.79 Å². The molecule has 0 saturated heterocycles. The van der Waals surface area contributed by atoms with Gasteiger partial charge in [0, 0.05) is 10.6 Å². The van der Waals surface area contributed by atoms with Gasteiger partial charge in [-0.25, -0.2) is 4.79 Å². The number of carbonyl (C=O) groups excluding carboxylic acids is 2. The highest BCUT2D eigenvalue weighted by atomic mass is 35.5. The summed E-state index contributed by atoms with van der Waals surface area (Å²) in [4.78, 5) is 23.7. The van der Waals surface area contributed by atoms with E-state index in [0.29, 0.717) is 5.02 Å². The molecule has 2 aromatic rings. The lowest BCUT2D eigenvalue weighted by Gasteiger charge is -2.10. The van der Waals surface area contributed by atoms with Crippen LogP contribution in [0.3, 0.4) is 0 Å². The Morgan fingerprint density at radius 3 is 2.18 bits per heavy atom. The maximum Gasteiger partial charge on any atom is 0.337 e. The Bertz CT molecular complexity index is 724. The van der Waals surface area contributed by atoms with Crippen LogP contribution >= 0.6 is 34.8 Å². The Morgan fingerprint density at radius 1 is 1.00 bits per heavy atom. The Hall–Kier alpha value is -1.75. The van der Waals surface area contributed by atoms with E-state index in [1.54, 1.807) is 18.2 Å². The number of rotatable bonds is 3. The Labute approximate surface area is 141 Å². The Kier molecular flexibility index (Phi) is 5.29. The molecule has 1 N–H and O–H groups in total. The van der Waals surface area contributed by atoms with Gasteiger partial charge in [0.05, 0.1) is 28.4 Å². The molecule has 0 spiro atoms. The third kappa shape index (κ3) is 3.71. The van der Waals surface area contributed by atoms with Gasteiger partial charge in [0.2, 0.25) is 0 Å². The molecule has 0 saturated carbocycles. The van der Waals surface area contributed by atoms with Crippen molar-refractivity contribution in [1.29, 1.82) is 0 Å². The first-order valence-corrected chi connectivity index (χ1v) is 7.20. The van der Waals surface area contributed by atoms with Crippen LogP contribution in [0.25, 0.3) is 0 Å². The zero-order valence-corrected chi connectivity index (χ0v) is 13.6. The van der Waals surface area contributed by atoms with E-state index < -0.39 is 11.9 Å². The predicted octanol–water partition coefficient (Wildman–Crippen LogP) is 4.69. The Balaban J connectivity index is 2.29. The van der Waals surface area contributed by atoms with E-state index in [0.717, 1.165) is 0 Å².